The number of fused-ring (bicyclic) bond motifs is 3. The molecule has 31 heavy (non-hydrogen) atoms. The lowest BCUT2D eigenvalue weighted by atomic mass is 9.84. The molecule has 0 unspecified atom stereocenters. The molecule has 5 rings (SSSR count). The predicted octanol–water partition coefficient (Wildman–Crippen LogP) is 8.61. The maximum Gasteiger partial charge on any atom is 0.0467 e. The maximum atomic E-state index is 3.59. The second-order valence-electron chi connectivity index (χ2n) is 8.42. The largest absolute Gasteiger partial charge is 0.355 e. The number of rotatable bonds is 3. The van der Waals surface area contributed by atoms with Gasteiger partial charge in [-0.05, 0) is 90.4 Å². The zero-order valence-electron chi connectivity index (χ0n) is 18.6. The monoisotopic (exact) mass is 401 g/mol. The zero-order valence-corrected chi connectivity index (χ0v) is 18.6. The summed E-state index contributed by atoms with van der Waals surface area (Å²) in [7, 11) is 0. The Morgan fingerprint density at radius 1 is 0.613 bits per heavy atom. The number of nitrogens with one attached hydrogen (secondary N) is 1. The topological polar surface area (TPSA) is 15.8 Å². The Bertz CT molecular complexity index is 1460. The Hall–Kier alpha value is -3.58. The van der Waals surface area contributed by atoms with Crippen molar-refractivity contribution < 1.29 is 0 Å². The Kier molecular flexibility index (Phi) is 4.75. The van der Waals surface area contributed by atoms with Crippen LogP contribution in [0.5, 0.6) is 0 Å². The predicted molar refractivity (Wildman–Crippen MR) is 136 cm³/mol. The van der Waals surface area contributed by atoms with Gasteiger partial charge in [0.15, 0.2) is 0 Å². The van der Waals surface area contributed by atoms with Crippen LogP contribution in [0.1, 0.15) is 29.2 Å². The van der Waals surface area contributed by atoms with Crippen molar-refractivity contribution in [1.82, 2.24) is 4.98 Å². The molecule has 0 radical (unpaired) electrons. The van der Waals surface area contributed by atoms with E-state index in [0.717, 1.165) is 0 Å². The van der Waals surface area contributed by atoms with Crippen molar-refractivity contribution in [2.75, 3.05) is 0 Å². The number of hydrogen-bond acceptors (Lipinski definition) is 0. The summed E-state index contributed by atoms with van der Waals surface area (Å²) in [6.07, 6.45) is 4.36. The molecule has 0 aliphatic rings. The third-order valence-electron chi connectivity index (χ3n) is 6.33. The molecule has 0 saturated heterocycles. The number of para-hydroxylation sites is 1. The van der Waals surface area contributed by atoms with E-state index in [4.69, 9.17) is 0 Å². The first-order valence-electron chi connectivity index (χ1n) is 10.9. The third-order valence-corrected chi connectivity index (χ3v) is 6.33. The van der Waals surface area contributed by atoms with Crippen LogP contribution < -0.4 is 0 Å². The van der Waals surface area contributed by atoms with Crippen molar-refractivity contribution in [3.63, 3.8) is 0 Å². The van der Waals surface area contributed by atoms with Crippen molar-refractivity contribution in [3.05, 3.63) is 101 Å². The van der Waals surface area contributed by atoms with E-state index in [0.29, 0.717) is 0 Å². The standard InChI is InChI=1S/C30H27N/c1-5-10-22-16-15-20(3)29(30(22)23-12-7-6-11-19(23)2)25-18-26-24-13-8-9-14-27(24)31-28(26)17-21(25)4/h5-18,31H,1-4H3/b10-5+. The average molecular weight is 402 g/mol. The number of H-pyrrole nitrogens is 1. The molecule has 1 N–H and O–H groups in total. The molecule has 0 spiro atoms. The van der Waals surface area contributed by atoms with Crippen molar-refractivity contribution in [3.8, 4) is 22.3 Å². The van der Waals surface area contributed by atoms with Crippen LogP contribution >= 0.6 is 0 Å². The molecular formula is C30H27N. The molecule has 0 atom stereocenters. The van der Waals surface area contributed by atoms with Gasteiger partial charge in [0.1, 0.15) is 0 Å². The van der Waals surface area contributed by atoms with E-state index in [1.165, 1.54) is 66.3 Å². The van der Waals surface area contributed by atoms with Crippen LogP contribution in [0.2, 0.25) is 0 Å². The minimum Gasteiger partial charge on any atom is -0.355 e. The van der Waals surface area contributed by atoms with Gasteiger partial charge >= 0.3 is 0 Å². The summed E-state index contributed by atoms with van der Waals surface area (Å²) in [4.78, 5) is 3.59. The molecule has 0 bridgehead atoms. The summed E-state index contributed by atoms with van der Waals surface area (Å²) < 4.78 is 0. The highest BCUT2D eigenvalue weighted by molar-refractivity contribution is 6.09. The second kappa shape index (κ2) is 7.59. The van der Waals surface area contributed by atoms with Gasteiger partial charge in [-0.3, -0.25) is 0 Å². The molecule has 5 aromatic rings. The fourth-order valence-electron chi connectivity index (χ4n) is 4.81. The van der Waals surface area contributed by atoms with Gasteiger partial charge in [0, 0.05) is 21.8 Å². The summed E-state index contributed by atoms with van der Waals surface area (Å²) >= 11 is 0. The van der Waals surface area contributed by atoms with E-state index >= 15 is 0 Å². The Labute approximate surface area is 184 Å². The van der Waals surface area contributed by atoms with Gasteiger partial charge in [0.25, 0.3) is 0 Å². The molecule has 0 aliphatic carbocycles. The number of aromatic nitrogens is 1. The molecule has 0 fully saturated rings. The van der Waals surface area contributed by atoms with E-state index < -0.39 is 0 Å². The van der Waals surface area contributed by atoms with Gasteiger partial charge in [-0.1, -0.05) is 66.7 Å². The number of benzene rings is 4. The van der Waals surface area contributed by atoms with Crippen molar-refractivity contribution in [1.29, 1.82) is 0 Å². The number of hydrogen-bond donors (Lipinski definition) is 1. The first kappa shape index (κ1) is 19.4. The summed E-state index contributed by atoms with van der Waals surface area (Å²) in [5.41, 5.74) is 12.8. The highest BCUT2D eigenvalue weighted by atomic mass is 14.7. The van der Waals surface area contributed by atoms with Crippen molar-refractivity contribution in [2.24, 2.45) is 0 Å². The highest BCUT2D eigenvalue weighted by Crippen LogP contribution is 2.42. The molecule has 1 nitrogen and oxygen atoms in total. The van der Waals surface area contributed by atoms with E-state index in [1.807, 2.05) is 0 Å². The normalized spacial score (nSPS) is 11.7. The van der Waals surface area contributed by atoms with Gasteiger partial charge in [-0.25, -0.2) is 0 Å². The summed E-state index contributed by atoms with van der Waals surface area (Å²) in [5, 5.41) is 2.56. The first-order valence-corrected chi connectivity index (χ1v) is 10.9. The van der Waals surface area contributed by atoms with Crippen LogP contribution in [0, 0.1) is 20.8 Å². The number of aryl methyl sites for hydroxylation is 3. The molecule has 152 valence electrons. The average Bonchev–Trinajstić information content (AvgIpc) is 3.12. The maximum absolute atomic E-state index is 3.59. The van der Waals surface area contributed by atoms with Crippen molar-refractivity contribution >= 4 is 27.9 Å². The molecule has 1 aromatic heterocycles. The van der Waals surface area contributed by atoms with Gasteiger partial charge in [-0.15, -0.1) is 0 Å². The highest BCUT2D eigenvalue weighted by Gasteiger charge is 2.18. The van der Waals surface area contributed by atoms with E-state index in [1.54, 1.807) is 0 Å². The van der Waals surface area contributed by atoms with E-state index in [-0.39, 0.29) is 0 Å². The fourth-order valence-corrected chi connectivity index (χ4v) is 4.81. The minimum atomic E-state index is 1.19. The zero-order chi connectivity index (χ0) is 21.5. The van der Waals surface area contributed by atoms with Gasteiger partial charge in [-0.2, -0.15) is 0 Å². The summed E-state index contributed by atoms with van der Waals surface area (Å²) in [6, 6.07) is 26.5. The van der Waals surface area contributed by atoms with Crippen LogP contribution in [0.3, 0.4) is 0 Å². The van der Waals surface area contributed by atoms with Gasteiger partial charge < -0.3 is 4.98 Å². The molecule has 0 amide bonds. The summed E-state index contributed by atoms with van der Waals surface area (Å²) in [6.45, 7) is 8.75. The molecule has 4 aromatic carbocycles. The third kappa shape index (κ3) is 3.18. The Morgan fingerprint density at radius 3 is 2.19 bits per heavy atom. The first-order chi connectivity index (χ1) is 15.1. The summed E-state index contributed by atoms with van der Waals surface area (Å²) in [5.74, 6) is 0. The SMILES string of the molecule is C/C=C/c1ccc(C)c(-c2cc3c(cc2C)[nH]c2ccccc23)c1-c1ccccc1C. The lowest BCUT2D eigenvalue weighted by molar-refractivity contribution is 1.39. The van der Waals surface area contributed by atoms with Crippen LogP contribution in [0.25, 0.3) is 50.1 Å². The second-order valence-corrected chi connectivity index (χ2v) is 8.42. The van der Waals surface area contributed by atoms with E-state index in [9.17, 15) is 0 Å². The van der Waals surface area contributed by atoms with Crippen LogP contribution in [-0.2, 0) is 0 Å². The fraction of sp³-hybridized carbons (Fsp3) is 0.133. The minimum absolute atomic E-state index is 1.19. The number of allylic oxidation sites excluding steroid dienone is 1. The van der Waals surface area contributed by atoms with Crippen LogP contribution in [0.4, 0.5) is 0 Å². The molecule has 1 heterocycles. The Balaban J connectivity index is 1.90. The van der Waals surface area contributed by atoms with Crippen molar-refractivity contribution in [2.45, 2.75) is 27.7 Å². The van der Waals surface area contributed by atoms with Crippen LogP contribution in [0.15, 0.2) is 78.9 Å². The van der Waals surface area contributed by atoms with E-state index in [2.05, 4.69) is 118 Å². The lowest BCUT2D eigenvalue weighted by Gasteiger charge is -2.20. The molecule has 1 heteroatoms. The number of aromatic amines is 1. The molecule has 0 aliphatic heterocycles. The quantitative estimate of drug-likeness (QED) is 0.311. The Morgan fingerprint density at radius 2 is 1.39 bits per heavy atom. The molecule has 0 saturated carbocycles. The smallest absolute Gasteiger partial charge is 0.0467 e. The van der Waals surface area contributed by atoms with Gasteiger partial charge in [0.2, 0.25) is 0 Å². The van der Waals surface area contributed by atoms with Gasteiger partial charge in [0.05, 0.1) is 0 Å². The molecular weight excluding hydrogens is 374 g/mol. The lowest BCUT2D eigenvalue weighted by Crippen LogP contribution is -1.96. The van der Waals surface area contributed by atoms with Crippen LogP contribution in [-0.4, -0.2) is 4.98 Å².